The lowest BCUT2D eigenvalue weighted by Crippen LogP contribution is -1.99. The number of benzene rings is 1. The van der Waals surface area contributed by atoms with Crippen LogP contribution in [0.2, 0.25) is 5.02 Å². The van der Waals surface area contributed by atoms with E-state index in [-0.39, 0.29) is 11.5 Å². The molecule has 0 aliphatic rings. The SMILES string of the molecule is C[C](CF)c1cc(F)c(Cl)c(F)c1. The van der Waals surface area contributed by atoms with Crippen LogP contribution in [0.1, 0.15) is 12.5 Å². The van der Waals surface area contributed by atoms with Crippen LogP contribution in [0.5, 0.6) is 0 Å². The summed E-state index contributed by atoms with van der Waals surface area (Å²) in [6.07, 6.45) is 0. The Morgan fingerprint density at radius 1 is 1.31 bits per heavy atom. The molecule has 0 unspecified atom stereocenters. The summed E-state index contributed by atoms with van der Waals surface area (Å²) in [5.74, 6) is -1.47. The monoisotopic (exact) mass is 207 g/mol. The lowest BCUT2D eigenvalue weighted by atomic mass is 10.0. The van der Waals surface area contributed by atoms with Gasteiger partial charge < -0.3 is 0 Å². The van der Waals surface area contributed by atoms with Gasteiger partial charge in [-0.25, -0.2) is 8.78 Å². The molecule has 0 aliphatic carbocycles. The number of hydrogen-bond donors (Lipinski definition) is 0. The van der Waals surface area contributed by atoms with Gasteiger partial charge in [0.25, 0.3) is 0 Å². The number of rotatable bonds is 2. The third kappa shape index (κ3) is 2.15. The highest BCUT2D eigenvalue weighted by molar-refractivity contribution is 6.30. The molecule has 13 heavy (non-hydrogen) atoms. The topological polar surface area (TPSA) is 0 Å². The van der Waals surface area contributed by atoms with Gasteiger partial charge in [0, 0.05) is 5.92 Å². The van der Waals surface area contributed by atoms with E-state index in [9.17, 15) is 13.2 Å². The molecule has 0 nitrogen and oxygen atoms in total. The summed E-state index contributed by atoms with van der Waals surface area (Å²) in [5, 5.41) is -0.560. The van der Waals surface area contributed by atoms with Gasteiger partial charge in [-0.2, -0.15) is 0 Å². The Hall–Kier alpha value is -0.700. The molecular formula is C9H7ClF3. The van der Waals surface area contributed by atoms with E-state index in [1.54, 1.807) is 0 Å². The molecule has 4 heteroatoms. The molecular weight excluding hydrogens is 201 g/mol. The third-order valence-corrected chi connectivity index (χ3v) is 2.04. The van der Waals surface area contributed by atoms with Crippen LogP contribution in [0.3, 0.4) is 0 Å². The highest BCUT2D eigenvalue weighted by Gasteiger charge is 2.13. The summed E-state index contributed by atoms with van der Waals surface area (Å²) in [4.78, 5) is 0. The number of alkyl halides is 1. The molecule has 0 bridgehead atoms. The molecule has 0 heterocycles. The molecule has 0 N–H and O–H groups in total. The Bertz CT molecular complexity index is 289. The zero-order chi connectivity index (χ0) is 10.0. The first kappa shape index (κ1) is 10.4. The van der Waals surface area contributed by atoms with Crippen molar-refractivity contribution >= 4 is 11.6 Å². The van der Waals surface area contributed by atoms with Crippen molar-refractivity contribution in [3.8, 4) is 0 Å². The van der Waals surface area contributed by atoms with E-state index >= 15 is 0 Å². The second kappa shape index (κ2) is 4.01. The summed E-state index contributed by atoms with van der Waals surface area (Å²) in [6, 6.07) is 2.03. The van der Waals surface area contributed by atoms with Crippen LogP contribution in [0, 0.1) is 17.6 Å². The van der Waals surface area contributed by atoms with E-state index in [1.165, 1.54) is 6.92 Å². The van der Waals surface area contributed by atoms with Crippen LogP contribution in [-0.4, -0.2) is 6.67 Å². The molecule has 71 valence electrons. The molecule has 0 atom stereocenters. The highest BCUT2D eigenvalue weighted by Crippen LogP contribution is 2.24. The van der Waals surface area contributed by atoms with Crippen LogP contribution in [0.15, 0.2) is 12.1 Å². The standard InChI is InChI=1S/C9H7ClF3/c1-5(4-11)6-2-7(12)9(10)8(13)3-6/h2-3H,4H2,1H3. The van der Waals surface area contributed by atoms with E-state index < -0.39 is 23.3 Å². The Morgan fingerprint density at radius 3 is 2.15 bits per heavy atom. The molecule has 0 fully saturated rings. The predicted molar refractivity (Wildman–Crippen MR) is 45.4 cm³/mol. The first-order chi connectivity index (χ1) is 6.06. The zero-order valence-corrected chi connectivity index (χ0v) is 7.63. The molecule has 0 aromatic heterocycles. The minimum Gasteiger partial charge on any atom is -0.250 e. The average molecular weight is 208 g/mol. The largest absolute Gasteiger partial charge is 0.250 e. The van der Waals surface area contributed by atoms with E-state index in [0.717, 1.165) is 12.1 Å². The molecule has 0 aliphatic heterocycles. The quantitative estimate of drug-likeness (QED) is 0.651. The minimum absolute atomic E-state index is 0.196. The zero-order valence-electron chi connectivity index (χ0n) is 6.87. The molecule has 0 amide bonds. The van der Waals surface area contributed by atoms with E-state index in [2.05, 4.69) is 0 Å². The van der Waals surface area contributed by atoms with Crippen molar-refractivity contribution < 1.29 is 13.2 Å². The average Bonchev–Trinajstić information content (AvgIpc) is 2.12. The fraction of sp³-hybridized carbons (Fsp3) is 0.222. The Balaban J connectivity index is 3.13. The van der Waals surface area contributed by atoms with Crippen molar-refractivity contribution in [2.75, 3.05) is 6.67 Å². The van der Waals surface area contributed by atoms with Crippen LogP contribution < -0.4 is 0 Å². The summed E-state index contributed by atoms with van der Waals surface area (Å²) >= 11 is 5.24. The van der Waals surface area contributed by atoms with E-state index in [4.69, 9.17) is 11.6 Å². The molecule has 0 spiro atoms. The minimum atomic E-state index is -0.871. The van der Waals surface area contributed by atoms with Gasteiger partial charge in [-0.1, -0.05) is 18.5 Å². The molecule has 1 radical (unpaired) electrons. The molecule has 1 rings (SSSR count). The van der Waals surface area contributed by atoms with E-state index in [0.29, 0.717) is 0 Å². The predicted octanol–water partition coefficient (Wildman–Crippen LogP) is 3.53. The number of halogens is 4. The van der Waals surface area contributed by atoms with Crippen LogP contribution >= 0.6 is 11.6 Å². The summed E-state index contributed by atoms with van der Waals surface area (Å²) in [7, 11) is 0. The molecule has 0 saturated carbocycles. The fourth-order valence-corrected chi connectivity index (χ4v) is 0.988. The van der Waals surface area contributed by atoms with Crippen molar-refractivity contribution in [3.05, 3.63) is 40.3 Å². The first-order valence-corrected chi connectivity index (χ1v) is 3.97. The summed E-state index contributed by atoms with van der Waals surface area (Å²) < 4.78 is 37.8. The van der Waals surface area contributed by atoms with Gasteiger partial charge in [0.15, 0.2) is 0 Å². The lowest BCUT2D eigenvalue weighted by Gasteiger charge is -2.07. The van der Waals surface area contributed by atoms with Crippen LogP contribution in [0.4, 0.5) is 13.2 Å². The van der Waals surface area contributed by atoms with Crippen LogP contribution in [-0.2, 0) is 0 Å². The molecule has 1 aromatic carbocycles. The Kier molecular flexibility index (Phi) is 3.20. The lowest BCUT2D eigenvalue weighted by molar-refractivity contribution is 0.513. The third-order valence-electron chi connectivity index (χ3n) is 1.68. The van der Waals surface area contributed by atoms with Crippen molar-refractivity contribution in [1.82, 2.24) is 0 Å². The van der Waals surface area contributed by atoms with Gasteiger partial charge >= 0.3 is 0 Å². The maximum atomic E-state index is 12.8. The summed E-state index contributed by atoms with van der Waals surface area (Å²) in [5.41, 5.74) is 0.196. The van der Waals surface area contributed by atoms with Gasteiger partial charge in [-0.05, 0) is 17.7 Å². The Morgan fingerprint density at radius 2 is 1.77 bits per heavy atom. The van der Waals surface area contributed by atoms with E-state index in [1.807, 2.05) is 0 Å². The highest BCUT2D eigenvalue weighted by atomic mass is 35.5. The summed E-state index contributed by atoms with van der Waals surface area (Å²) in [6.45, 7) is 0.725. The molecule has 0 saturated heterocycles. The Labute approximate surface area is 79.3 Å². The van der Waals surface area contributed by atoms with Crippen molar-refractivity contribution in [2.24, 2.45) is 0 Å². The molecule has 1 aromatic rings. The van der Waals surface area contributed by atoms with Crippen molar-refractivity contribution in [2.45, 2.75) is 6.92 Å². The maximum absolute atomic E-state index is 12.8. The second-order valence-corrected chi connectivity index (χ2v) is 3.05. The number of hydrogen-bond acceptors (Lipinski definition) is 0. The smallest absolute Gasteiger partial charge is 0.145 e. The maximum Gasteiger partial charge on any atom is 0.145 e. The first-order valence-electron chi connectivity index (χ1n) is 3.59. The fourth-order valence-electron chi connectivity index (χ4n) is 0.879. The van der Waals surface area contributed by atoms with Gasteiger partial charge in [-0.3, -0.25) is 4.39 Å². The van der Waals surface area contributed by atoms with Crippen molar-refractivity contribution in [3.63, 3.8) is 0 Å². The normalized spacial score (nSPS) is 10.9. The van der Waals surface area contributed by atoms with Gasteiger partial charge in [0.1, 0.15) is 16.7 Å². The van der Waals surface area contributed by atoms with Crippen molar-refractivity contribution in [1.29, 1.82) is 0 Å². The van der Waals surface area contributed by atoms with Crippen LogP contribution in [0.25, 0.3) is 0 Å². The second-order valence-electron chi connectivity index (χ2n) is 2.67. The van der Waals surface area contributed by atoms with Gasteiger partial charge in [0.05, 0.1) is 6.67 Å². The van der Waals surface area contributed by atoms with Gasteiger partial charge in [-0.15, -0.1) is 0 Å². The van der Waals surface area contributed by atoms with Gasteiger partial charge in [0.2, 0.25) is 0 Å².